The van der Waals surface area contributed by atoms with Crippen molar-refractivity contribution >= 4 is 5.78 Å². The van der Waals surface area contributed by atoms with Gasteiger partial charge in [-0.3, -0.25) is 4.79 Å². The number of alkyl halides is 3. The lowest BCUT2D eigenvalue weighted by Gasteiger charge is -2.31. The summed E-state index contributed by atoms with van der Waals surface area (Å²) in [7, 11) is 0. The molecule has 16 heavy (non-hydrogen) atoms. The van der Waals surface area contributed by atoms with Gasteiger partial charge >= 0.3 is 6.18 Å². The average Bonchev–Trinajstić information content (AvgIpc) is 2.17. The maximum atomic E-state index is 12.0. The molecule has 1 nitrogen and oxygen atoms in total. The normalized spacial score (nSPS) is 31.4. The van der Waals surface area contributed by atoms with Crippen LogP contribution in [-0.2, 0) is 4.79 Å². The molecule has 0 aromatic heterocycles. The first-order chi connectivity index (χ1) is 7.29. The van der Waals surface area contributed by atoms with Gasteiger partial charge in [0.1, 0.15) is 5.78 Å². The summed E-state index contributed by atoms with van der Waals surface area (Å²) in [5.74, 6) is 0.713. The third kappa shape index (κ3) is 4.14. The Bertz CT molecular complexity index is 247. The predicted molar refractivity (Wildman–Crippen MR) is 56.0 cm³/mol. The molecule has 0 heterocycles. The number of Topliss-reactive ketones (excluding diaryl/α,β-unsaturated/α-hetero) is 1. The minimum absolute atomic E-state index is 0.131. The first kappa shape index (κ1) is 13.5. The minimum atomic E-state index is -4.21. The van der Waals surface area contributed by atoms with Gasteiger partial charge in [-0.25, -0.2) is 0 Å². The quantitative estimate of drug-likeness (QED) is 0.724. The van der Waals surface area contributed by atoms with Crippen molar-refractivity contribution in [3.8, 4) is 0 Å². The fraction of sp³-hybridized carbons (Fsp3) is 0.917. The number of hydrogen-bond donors (Lipinski definition) is 0. The molecule has 0 aromatic rings. The molecule has 3 unspecified atom stereocenters. The van der Waals surface area contributed by atoms with Gasteiger partial charge < -0.3 is 0 Å². The Kier molecular flexibility index (Phi) is 4.39. The highest BCUT2D eigenvalue weighted by Crippen LogP contribution is 2.35. The zero-order chi connectivity index (χ0) is 12.3. The van der Waals surface area contributed by atoms with Crippen molar-refractivity contribution in [2.75, 3.05) is 0 Å². The van der Waals surface area contributed by atoms with E-state index < -0.39 is 12.6 Å². The van der Waals surface area contributed by atoms with Gasteiger partial charge in [-0.15, -0.1) is 0 Å². The summed E-state index contributed by atoms with van der Waals surface area (Å²) in [5, 5.41) is 0. The van der Waals surface area contributed by atoms with E-state index in [9.17, 15) is 18.0 Å². The molecular weight excluding hydrogens is 217 g/mol. The van der Waals surface area contributed by atoms with E-state index in [1.54, 1.807) is 0 Å². The summed E-state index contributed by atoms with van der Waals surface area (Å²) in [4.78, 5) is 11.6. The molecule has 1 aliphatic carbocycles. The van der Waals surface area contributed by atoms with Crippen LogP contribution in [0.25, 0.3) is 0 Å². The van der Waals surface area contributed by atoms with Gasteiger partial charge in [0.2, 0.25) is 0 Å². The monoisotopic (exact) mass is 236 g/mol. The van der Waals surface area contributed by atoms with Crippen molar-refractivity contribution in [1.29, 1.82) is 0 Å². The number of carbonyl (C=O) groups is 1. The van der Waals surface area contributed by atoms with Gasteiger partial charge in [0.15, 0.2) is 0 Å². The Morgan fingerprint density at radius 3 is 2.31 bits per heavy atom. The molecule has 1 saturated carbocycles. The molecule has 94 valence electrons. The van der Waals surface area contributed by atoms with Crippen LogP contribution in [0.3, 0.4) is 0 Å². The smallest absolute Gasteiger partial charge is 0.299 e. The summed E-state index contributed by atoms with van der Waals surface area (Å²) in [6.07, 6.45) is -3.02. The zero-order valence-electron chi connectivity index (χ0n) is 9.81. The molecule has 0 amide bonds. The summed E-state index contributed by atoms with van der Waals surface area (Å²) < 4.78 is 35.9. The molecular formula is C12H19F3O. The molecule has 4 heteroatoms. The number of ketones is 1. The highest BCUT2D eigenvalue weighted by atomic mass is 19.4. The van der Waals surface area contributed by atoms with E-state index in [2.05, 4.69) is 13.8 Å². The van der Waals surface area contributed by atoms with Crippen molar-refractivity contribution in [1.82, 2.24) is 0 Å². The number of hydrogen-bond acceptors (Lipinski definition) is 1. The first-order valence-corrected chi connectivity index (χ1v) is 5.89. The molecule has 1 aliphatic rings. The molecule has 1 rings (SSSR count). The second-order valence-electron chi connectivity index (χ2n) is 5.05. The lowest BCUT2D eigenvalue weighted by molar-refractivity contribution is -0.145. The second kappa shape index (κ2) is 5.19. The summed E-state index contributed by atoms with van der Waals surface area (Å²) in [6, 6.07) is 0. The lowest BCUT2D eigenvalue weighted by atomic mass is 9.74. The zero-order valence-corrected chi connectivity index (χ0v) is 9.81. The van der Waals surface area contributed by atoms with Gasteiger partial charge in [0, 0.05) is 12.3 Å². The van der Waals surface area contributed by atoms with Crippen molar-refractivity contribution in [2.45, 2.75) is 52.1 Å². The van der Waals surface area contributed by atoms with Crippen LogP contribution in [-0.4, -0.2) is 12.0 Å². The Morgan fingerprint density at radius 1 is 1.19 bits per heavy atom. The topological polar surface area (TPSA) is 17.1 Å². The molecule has 1 fully saturated rings. The molecule has 0 aliphatic heterocycles. The van der Waals surface area contributed by atoms with Gasteiger partial charge in [-0.1, -0.05) is 13.8 Å². The van der Waals surface area contributed by atoms with Gasteiger partial charge in [0.25, 0.3) is 0 Å². The van der Waals surface area contributed by atoms with Crippen LogP contribution in [0.5, 0.6) is 0 Å². The fourth-order valence-corrected chi connectivity index (χ4v) is 2.31. The number of carbonyl (C=O) groups excluding carboxylic acids is 1. The second-order valence-corrected chi connectivity index (χ2v) is 5.05. The molecule has 0 saturated heterocycles. The van der Waals surface area contributed by atoms with Crippen LogP contribution in [0.2, 0.25) is 0 Å². The van der Waals surface area contributed by atoms with Crippen molar-refractivity contribution in [2.24, 2.45) is 17.8 Å². The Hall–Kier alpha value is -0.540. The fourth-order valence-electron chi connectivity index (χ4n) is 2.31. The molecule has 3 atom stereocenters. The van der Waals surface area contributed by atoms with E-state index in [0.717, 1.165) is 19.3 Å². The van der Waals surface area contributed by atoms with E-state index in [4.69, 9.17) is 0 Å². The molecule has 0 N–H and O–H groups in total. The summed E-state index contributed by atoms with van der Waals surface area (Å²) in [6.45, 7) is 4.22. The van der Waals surface area contributed by atoms with Crippen LogP contribution in [0, 0.1) is 17.8 Å². The van der Waals surface area contributed by atoms with Crippen LogP contribution in [0.4, 0.5) is 13.2 Å². The Morgan fingerprint density at radius 2 is 1.81 bits per heavy atom. The third-order valence-electron chi connectivity index (χ3n) is 3.71. The lowest BCUT2D eigenvalue weighted by Crippen LogP contribution is -2.27. The standard InChI is InChI=1S/C12H19F3O/c1-8-3-4-10(7-9(8)2)11(16)5-6-12(13,14)15/h8-10H,3-7H2,1-2H3. The minimum Gasteiger partial charge on any atom is -0.299 e. The van der Waals surface area contributed by atoms with E-state index >= 15 is 0 Å². The molecule has 0 aromatic carbocycles. The van der Waals surface area contributed by atoms with Crippen LogP contribution < -0.4 is 0 Å². The van der Waals surface area contributed by atoms with Gasteiger partial charge in [-0.05, 0) is 31.1 Å². The van der Waals surface area contributed by atoms with Crippen LogP contribution in [0.1, 0.15) is 46.0 Å². The molecule has 0 bridgehead atoms. The summed E-state index contributed by atoms with van der Waals surface area (Å²) in [5.41, 5.74) is 0. The van der Waals surface area contributed by atoms with E-state index in [1.807, 2.05) is 0 Å². The average molecular weight is 236 g/mol. The van der Waals surface area contributed by atoms with E-state index in [0.29, 0.717) is 11.8 Å². The number of halogens is 3. The largest absolute Gasteiger partial charge is 0.389 e. The van der Waals surface area contributed by atoms with E-state index in [1.165, 1.54) is 0 Å². The summed E-state index contributed by atoms with van der Waals surface area (Å²) >= 11 is 0. The SMILES string of the molecule is CC1CCC(C(=O)CCC(F)(F)F)CC1C. The van der Waals surface area contributed by atoms with E-state index in [-0.39, 0.29) is 18.1 Å². The third-order valence-corrected chi connectivity index (χ3v) is 3.71. The maximum absolute atomic E-state index is 12.0. The molecule has 0 radical (unpaired) electrons. The van der Waals surface area contributed by atoms with Gasteiger partial charge in [0.05, 0.1) is 6.42 Å². The van der Waals surface area contributed by atoms with Crippen LogP contribution in [0.15, 0.2) is 0 Å². The first-order valence-electron chi connectivity index (χ1n) is 5.89. The highest BCUT2D eigenvalue weighted by Gasteiger charge is 2.32. The predicted octanol–water partition coefficient (Wildman–Crippen LogP) is 3.97. The Labute approximate surface area is 94.4 Å². The van der Waals surface area contributed by atoms with Crippen molar-refractivity contribution < 1.29 is 18.0 Å². The highest BCUT2D eigenvalue weighted by molar-refractivity contribution is 5.81. The van der Waals surface area contributed by atoms with Gasteiger partial charge in [-0.2, -0.15) is 13.2 Å². The Balaban J connectivity index is 2.38. The number of rotatable bonds is 3. The maximum Gasteiger partial charge on any atom is 0.389 e. The van der Waals surface area contributed by atoms with Crippen LogP contribution >= 0.6 is 0 Å². The molecule has 0 spiro atoms. The van der Waals surface area contributed by atoms with Crippen molar-refractivity contribution in [3.05, 3.63) is 0 Å². The van der Waals surface area contributed by atoms with Crippen molar-refractivity contribution in [3.63, 3.8) is 0 Å².